The molecule has 1 aromatic carbocycles. The van der Waals surface area contributed by atoms with Crippen LogP contribution in [-0.4, -0.2) is 13.7 Å². The van der Waals surface area contributed by atoms with E-state index in [2.05, 4.69) is 6.07 Å². The summed E-state index contributed by atoms with van der Waals surface area (Å²) in [6.07, 6.45) is 1.36. The lowest BCUT2D eigenvalue weighted by Gasteiger charge is -2.27. The molecule has 3 nitrogen and oxygen atoms in total. The first-order valence-corrected chi connectivity index (χ1v) is 5.61. The van der Waals surface area contributed by atoms with Gasteiger partial charge >= 0.3 is 0 Å². The molecule has 1 aliphatic rings. The molecule has 0 aliphatic carbocycles. The first-order valence-electron chi connectivity index (χ1n) is 5.61. The summed E-state index contributed by atoms with van der Waals surface area (Å²) in [5.74, 6) is -0.412. The highest BCUT2D eigenvalue weighted by Crippen LogP contribution is 2.34. The summed E-state index contributed by atoms with van der Waals surface area (Å²) in [5, 5.41) is 9.04. The van der Waals surface area contributed by atoms with Gasteiger partial charge < -0.3 is 9.47 Å². The fourth-order valence-electron chi connectivity index (χ4n) is 2.10. The molecule has 1 saturated heterocycles. The lowest BCUT2D eigenvalue weighted by Crippen LogP contribution is -2.21. The minimum atomic E-state index is -0.420. The van der Waals surface area contributed by atoms with E-state index in [-0.39, 0.29) is 17.8 Å². The molecular formula is C13H14FNO2. The zero-order valence-electron chi connectivity index (χ0n) is 9.65. The van der Waals surface area contributed by atoms with Gasteiger partial charge in [0.05, 0.1) is 25.2 Å². The molecule has 0 aromatic heterocycles. The molecule has 1 aliphatic heterocycles. The maximum atomic E-state index is 13.6. The fraction of sp³-hybridized carbons (Fsp3) is 0.462. The number of nitrogens with zero attached hydrogens (tertiary/aromatic N) is 1. The Kier molecular flexibility index (Phi) is 3.60. The van der Waals surface area contributed by atoms with E-state index < -0.39 is 5.82 Å². The molecule has 0 N–H and O–H groups in total. The van der Waals surface area contributed by atoms with Crippen molar-refractivity contribution in [3.8, 4) is 11.8 Å². The number of halogens is 1. The van der Waals surface area contributed by atoms with Crippen molar-refractivity contribution in [1.29, 1.82) is 5.26 Å². The number of ether oxygens (including phenoxy) is 2. The van der Waals surface area contributed by atoms with Crippen LogP contribution in [0.1, 0.15) is 24.5 Å². The molecule has 2 unspecified atom stereocenters. The minimum absolute atomic E-state index is 0.198. The Bertz CT molecular complexity index is 442. The maximum Gasteiger partial charge on any atom is 0.165 e. The van der Waals surface area contributed by atoms with E-state index in [1.807, 2.05) is 0 Å². The second kappa shape index (κ2) is 5.15. The van der Waals surface area contributed by atoms with Crippen LogP contribution >= 0.6 is 0 Å². The summed E-state index contributed by atoms with van der Waals surface area (Å²) < 4.78 is 24.0. The molecule has 2 atom stereocenters. The normalized spacial score (nSPS) is 24.1. The zero-order chi connectivity index (χ0) is 12.3. The van der Waals surface area contributed by atoms with E-state index in [1.165, 1.54) is 13.2 Å². The molecule has 17 heavy (non-hydrogen) atoms. The van der Waals surface area contributed by atoms with Crippen molar-refractivity contribution in [2.75, 3.05) is 13.7 Å². The van der Waals surface area contributed by atoms with Crippen molar-refractivity contribution in [2.45, 2.75) is 18.9 Å². The monoisotopic (exact) mass is 235 g/mol. The van der Waals surface area contributed by atoms with Crippen LogP contribution in [0.4, 0.5) is 4.39 Å². The SMILES string of the molecule is COc1ccc(C2OCCCC2C#N)cc1F. The molecule has 0 spiro atoms. The van der Waals surface area contributed by atoms with Crippen molar-refractivity contribution in [3.05, 3.63) is 29.6 Å². The van der Waals surface area contributed by atoms with Gasteiger partial charge in [0.2, 0.25) is 0 Å². The van der Waals surface area contributed by atoms with Crippen molar-refractivity contribution in [1.82, 2.24) is 0 Å². The summed E-state index contributed by atoms with van der Waals surface area (Å²) >= 11 is 0. The lowest BCUT2D eigenvalue weighted by molar-refractivity contribution is -0.0103. The van der Waals surface area contributed by atoms with Gasteiger partial charge in [0.15, 0.2) is 11.6 Å². The molecule has 2 rings (SSSR count). The third-order valence-corrected chi connectivity index (χ3v) is 2.99. The molecule has 0 saturated carbocycles. The second-order valence-corrected chi connectivity index (χ2v) is 4.06. The van der Waals surface area contributed by atoms with E-state index in [4.69, 9.17) is 14.7 Å². The standard InChI is InChI=1S/C13H14FNO2/c1-16-12-5-4-9(7-11(12)14)13-10(8-15)3-2-6-17-13/h4-5,7,10,13H,2-3,6H2,1H3. The van der Waals surface area contributed by atoms with Gasteiger partial charge in [-0.2, -0.15) is 5.26 Å². The summed E-state index contributed by atoms with van der Waals surface area (Å²) in [7, 11) is 1.42. The van der Waals surface area contributed by atoms with E-state index in [0.29, 0.717) is 12.2 Å². The molecule has 1 heterocycles. The van der Waals surface area contributed by atoms with Crippen molar-refractivity contribution < 1.29 is 13.9 Å². The van der Waals surface area contributed by atoms with Gasteiger partial charge in [-0.1, -0.05) is 6.07 Å². The quantitative estimate of drug-likeness (QED) is 0.791. The molecule has 1 aromatic rings. The van der Waals surface area contributed by atoms with Crippen LogP contribution in [0.2, 0.25) is 0 Å². The third-order valence-electron chi connectivity index (χ3n) is 2.99. The number of benzene rings is 1. The van der Waals surface area contributed by atoms with E-state index in [0.717, 1.165) is 12.8 Å². The number of rotatable bonds is 2. The first kappa shape index (κ1) is 11.9. The third kappa shape index (κ3) is 2.40. The van der Waals surface area contributed by atoms with Crippen LogP contribution in [0.5, 0.6) is 5.75 Å². The van der Waals surface area contributed by atoms with Crippen molar-refractivity contribution in [3.63, 3.8) is 0 Å². The number of hydrogen-bond donors (Lipinski definition) is 0. The highest BCUT2D eigenvalue weighted by molar-refractivity contribution is 5.31. The van der Waals surface area contributed by atoms with E-state index in [9.17, 15) is 4.39 Å². The average molecular weight is 235 g/mol. The Balaban J connectivity index is 2.27. The highest BCUT2D eigenvalue weighted by Gasteiger charge is 2.27. The molecule has 0 amide bonds. The maximum absolute atomic E-state index is 13.6. The van der Waals surface area contributed by atoms with E-state index in [1.54, 1.807) is 12.1 Å². The van der Waals surface area contributed by atoms with Crippen molar-refractivity contribution >= 4 is 0 Å². The summed E-state index contributed by atoms with van der Waals surface area (Å²) in [6.45, 7) is 0.622. The van der Waals surface area contributed by atoms with Crippen LogP contribution in [-0.2, 0) is 4.74 Å². The smallest absolute Gasteiger partial charge is 0.165 e. The largest absolute Gasteiger partial charge is 0.494 e. The van der Waals surface area contributed by atoms with Gasteiger partial charge in [-0.25, -0.2) is 4.39 Å². The van der Waals surface area contributed by atoms with Crippen LogP contribution in [0, 0.1) is 23.1 Å². The Morgan fingerprint density at radius 1 is 1.53 bits per heavy atom. The Morgan fingerprint density at radius 3 is 3.00 bits per heavy atom. The zero-order valence-corrected chi connectivity index (χ0v) is 9.65. The number of nitriles is 1. The van der Waals surface area contributed by atoms with Gasteiger partial charge in [-0.05, 0) is 30.5 Å². The summed E-state index contributed by atoms with van der Waals surface area (Å²) in [4.78, 5) is 0. The van der Waals surface area contributed by atoms with E-state index >= 15 is 0 Å². The Hall–Kier alpha value is -1.60. The van der Waals surface area contributed by atoms with Gasteiger partial charge in [-0.3, -0.25) is 0 Å². The molecule has 0 radical (unpaired) electrons. The van der Waals surface area contributed by atoms with Crippen LogP contribution in [0.15, 0.2) is 18.2 Å². The number of methoxy groups -OCH3 is 1. The van der Waals surface area contributed by atoms with Gasteiger partial charge in [0.25, 0.3) is 0 Å². The second-order valence-electron chi connectivity index (χ2n) is 4.06. The predicted molar refractivity (Wildman–Crippen MR) is 60.0 cm³/mol. The van der Waals surface area contributed by atoms with Crippen LogP contribution in [0.3, 0.4) is 0 Å². The molecule has 0 bridgehead atoms. The molecule has 4 heteroatoms. The van der Waals surface area contributed by atoms with Gasteiger partial charge in [0, 0.05) is 6.61 Å². The topological polar surface area (TPSA) is 42.2 Å². The molecule has 1 fully saturated rings. The Morgan fingerprint density at radius 2 is 2.35 bits per heavy atom. The summed E-state index contributed by atoms with van der Waals surface area (Å²) in [6, 6.07) is 6.93. The highest BCUT2D eigenvalue weighted by atomic mass is 19.1. The fourth-order valence-corrected chi connectivity index (χ4v) is 2.10. The van der Waals surface area contributed by atoms with Crippen LogP contribution in [0.25, 0.3) is 0 Å². The van der Waals surface area contributed by atoms with Gasteiger partial charge in [-0.15, -0.1) is 0 Å². The van der Waals surface area contributed by atoms with Crippen LogP contribution < -0.4 is 4.74 Å². The molecular weight excluding hydrogens is 221 g/mol. The Labute approximate surface area is 99.8 Å². The first-order chi connectivity index (χ1) is 8.26. The van der Waals surface area contributed by atoms with Gasteiger partial charge in [0.1, 0.15) is 0 Å². The number of hydrogen-bond acceptors (Lipinski definition) is 3. The minimum Gasteiger partial charge on any atom is -0.494 e. The van der Waals surface area contributed by atoms with Crippen molar-refractivity contribution in [2.24, 2.45) is 5.92 Å². The lowest BCUT2D eigenvalue weighted by atomic mass is 9.90. The predicted octanol–water partition coefficient (Wildman–Crippen LogP) is 2.83. The molecule has 90 valence electrons. The summed E-state index contributed by atoms with van der Waals surface area (Å²) in [5.41, 5.74) is 0.703. The average Bonchev–Trinajstić information content (AvgIpc) is 2.38.